The molecule has 0 unspecified atom stereocenters. The van der Waals surface area contributed by atoms with Crippen molar-refractivity contribution in [3.63, 3.8) is 0 Å². The normalized spacial score (nSPS) is 13.6. The van der Waals surface area contributed by atoms with Gasteiger partial charge in [0, 0.05) is 32.3 Å². The third-order valence-electron chi connectivity index (χ3n) is 4.44. The van der Waals surface area contributed by atoms with Crippen LogP contribution in [0.15, 0.2) is 42.5 Å². The number of rotatable bonds is 10. The van der Waals surface area contributed by atoms with Crippen molar-refractivity contribution in [3.8, 4) is 0 Å². The Bertz CT molecular complexity index is 962. The summed E-state index contributed by atoms with van der Waals surface area (Å²) >= 11 is 0. The van der Waals surface area contributed by atoms with E-state index in [1.165, 1.54) is 6.92 Å². The summed E-state index contributed by atoms with van der Waals surface area (Å²) < 4.78 is 50.1. The van der Waals surface area contributed by atoms with E-state index in [2.05, 4.69) is 10.6 Å². The highest BCUT2D eigenvalue weighted by Crippen LogP contribution is 2.14. The predicted octanol–water partition coefficient (Wildman–Crippen LogP) is 1.71. The van der Waals surface area contributed by atoms with Crippen LogP contribution in [-0.2, 0) is 33.4 Å². The molecule has 2 aromatic carbocycles. The van der Waals surface area contributed by atoms with Crippen LogP contribution in [0.3, 0.4) is 0 Å². The molecular formula is C21H26F2N2O4S. The van der Waals surface area contributed by atoms with Gasteiger partial charge in [-0.3, -0.25) is 4.79 Å². The maximum Gasteiger partial charge on any atom is 0.217 e. The SMILES string of the molecule is CC(=O)N[C@@H](Cc1cc(F)cc(F)c1)[C@@H](O)CNCc1ccccc1CS(C)(=O)=O. The van der Waals surface area contributed by atoms with Gasteiger partial charge in [-0.1, -0.05) is 24.3 Å². The van der Waals surface area contributed by atoms with Crippen molar-refractivity contribution >= 4 is 15.7 Å². The summed E-state index contributed by atoms with van der Waals surface area (Å²) in [5, 5.41) is 16.2. The number of hydrogen-bond donors (Lipinski definition) is 3. The first kappa shape index (κ1) is 23.9. The van der Waals surface area contributed by atoms with Crippen molar-refractivity contribution in [2.45, 2.75) is 37.8 Å². The standard InChI is InChI=1S/C21H26F2N2O4S/c1-14(26)25-20(9-15-7-18(22)10-19(23)8-15)21(27)12-24-11-16-5-3-4-6-17(16)13-30(2,28)29/h3-8,10,20-21,24,27H,9,11-13H2,1-2H3,(H,25,26)/t20-,21-/m0/s1. The van der Waals surface area contributed by atoms with E-state index in [0.717, 1.165) is 30.0 Å². The van der Waals surface area contributed by atoms with Crippen molar-refractivity contribution in [2.75, 3.05) is 12.8 Å². The van der Waals surface area contributed by atoms with Gasteiger partial charge in [0.2, 0.25) is 5.91 Å². The molecule has 0 aliphatic carbocycles. The summed E-state index contributed by atoms with van der Waals surface area (Å²) in [7, 11) is -3.20. The van der Waals surface area contributed by atoms with Crippen molar-refractivity contribution in [1.29, 1.82) is 0 Å². The lowest BCUT2D eigenvalue weighted by Gasteiger charge is -2.24. The smallest absolute Gasteiger partial charge is 0.217 e. The van der Waals surface area contributed by atoms with Crippen LogP contribution in [0.25, 0.3) is 0 Å². The van der Waals surface area contributed by atoms with E-state index in [4.69, 9.17) is 0 Å². The summed E-state index contributed by atoms with van der Waals surface area (Å²) in [6.07, 6.45) is 0.165. The van der Waals surface area contributed by atoms with Crippen LogP contribution in [0.4, 0.5) is 8.78 Å². The highest BCUT2D eigenvalue weighted by Gasteiger charge is 2.21. The number of halogens is 2. The molecule has 3 N–H and O–H groups in total. The fraction of sp³-hybridized carbons (Fsp3) is 0.381. The summed E-state index contributed by atoms with van der Waals surface area (Å²) in [6.45, 7) is 1.68. The van der Waals surface area contributed by atoms with Gasteiger partial charge in [-0.05, 0) is 35.2 Å². The van der Waals surface area contributed by atoms with Crippen molar-refractivity contribution in [3.05, 3.63) is 70.8 Å². The second-order valence-corrected chi connectivity index (χ2v) is 9.47. The zero-order valence-corrected chi connectivity index (χ0v) is 17.7. The molecule has 0 spiro atoms. The van der Waals surface area contributed by atoms with Crippen molar-refractivity contribution in [1.82, 2.24) is 10.6 Å². The van der Waals surface area contributed by atoms with E-state index >= 15 is 0 Å². The van der Waals surface area contributed by atoms with Gasteiger partial charge in [-0.15, -0.1) is 0 Å². The Hall–Kier alpha value is -2.36. The van der Waals surface area contributed by atoms with Gasteiger partial charge in [0.15, 0.2) is 9.84 Å². The van der Waals surface area contributed by atoms with Crippen molar-refractivity contribution in [2.24, 2.45) is 0 Å². The molecule has 164 valence electrons. The molecule has 9 heteroatoms. The molecule has 0 aliphatic heterocycles. The Balaban J connectivity index is 2.03. The van der Waals surface area contributed by atoms with Gasteiger partial charge in [-0.25, -0.2) is 17.2 Å². The topological polar surface area (TPSA) is 95.5 Å². The first-order valence-corrected chi connectivity index (χ1v) is 11.4. The molecule has 0 bridgehead atoms. The van der Waals surface area contributed by atoms with Gasteiger partial charge in [0.1, 0.15) is 11.6 Å². The first-order valence-electron chi connectivity index (χ1n) is 9.39. The van der Waals surface area contributed by atoms with Crippen LogP contribution < -0.4 is 10.6 Å². The molecule has 0 aliphatic rings. The van der Waals surface area contributed by atoms with Crippen LogP contribution in [0.1, 0.15) is 23.6 Å². The highest BCUT2D eigenvalue weighted by molar-refractivity contribution is 7.89. The molecule has 1 amide bonds. The summed E-state index contributed by atoms with van der Waals surface area (Å²) in [4.78, 5) is 11.5. The Morgan fingerprint density at radius 2 is 1.70 bits per heavy atom. The number of sulfone groups is 1. The Morgan fingerprint density at radius 1 is 1.10 bits per heavy atom. The average molecular weight is 441 g/mol. The fourth-order valence-corrected chi connectivity index (χ4v) is 4.02. The average Bonchev–Trinajstić information content (AvgIpc) is 2.60. The Kier molecular flexibility index (Phi) is 8.45. The second-order valence-electron chi connectivity index (χ2n) is 7.33. The number of benzene rings is 2. The number of nitrogens with one attached hydrogen (secondary N) is 2. The van der Waals surface area contributed by atoms with E-state index in [-0.39, 0.29) is 24.6 Å². The molecule has 0 saturated heterocycles. The zero-order chi connectivity index (χ0) is 22.3. The third kappa shape index (κ3) is 8.17. The minimum atomic E-state index is -3.20. The first-order chi connectivity index (χ1) is 14.0. The van der Waals surface area contributed by atoms with Gasteiger partial charge in [0.05, 0.1) is 17.9 Å². The van der Waals surface area contributed by atoms with Gasteiger partial charge in [-0.2, -0.15) is 0 Å². The molecule has 30 heavy (non-hydrogen) atoms. The van der Waals surface area contributed by atoms with Gasteiger partial charge < -0.3 is 15.7 Å². The summed E-state index contributed by atoms with van der Waals surface area (Å²) in [5.41, 5.74) is 1.75. The number of carbonyl (C=O) groups is 1. The van der Waals surface area contributed by atoms with E-state index < -0.39 is 33.6 Å². The minimum absolute atomic E-state index is 0.0434. The van der Waals surface area contributed by atoms with Crippen LogP contribution in [0.5, 0.6) is 0 Å². The molecule has 0 saturated carbocycles. The number of carbonyl (C=O) groups excluding carboxylic acids is 1. The Morgan fingerprint density at radius 3 is 2.27 bits per heavy atom. The minimum Gasteiger partial charge on any atom is -0.390 e. The van der Waals surface area contributed by atoms with Crippen LogP contribution >= 0.6 is 0 Å². The maximum atomic E-state index is 13.4. The van der Waals surface area contributed by atoms with Gasteiger partial charge in [0.25, 0.3) is 0 Å². The second kappa shape index (κ2) is 10.6. The summed E-state index contributed by atoms with van der Waals surface area (Å²) in [6, 6.07) is 9.36. The van der Waals surface area contributed by atoms with E-state index in [9.17, 15) is 27.1 Å². The quantitative estimate of drug-likeness (QED) is 0.523. The van der Waals surface area contributed by atoms with Gasteiger partial charge >= 0.3 is 0 Å². The number of aliphatic hydroxyl groups is 1. The molecule has 0 fully saturated rings. The van der Waals surface area contributed by atoms with E-state index in [1.807, 2.05) is 0 Å². The number of amides is 1. The monoisotopic (exact) mass is 440 g/mol. The molecule has 2 rings (SSSR count). The van der Waals surface area contributed by atoms with E-state index in [0.29, 0.717) is 17.7 Å². The Labute approximate surface area is 175 Å². The third-order valence-corrected chi connectivity index (χ3v) is 5.27. The molecule has 2 aromatic rings. The molecule has 2 atom stereocenters. The maximum absolute atomic E-state index is 13.4. The van der Waals surface area contributed by atoms with Crippen LogP contribution in [-0.4, -0.2) is 44.4 Å². The van der Waals surface area contributed by atoms with E-state index in [1.54, 1.807) is 24.3 Å². The molecule has 6 nitrogen and oxygen atoms in total. The predicted molar refractivity (Wildman–Crippen MR) is 110 cm³/mol. The van der Waals surface area contributed by atoms with Crippen molar-refractivity contribution < 1.29 is 27.1 Å². The lowest BCUT2D eigenvalue weighted by Crippen LogP contribution is -2.48. The molecule has 0 radical (unpaired) electrons. The van der Waals surface area contributed by atoms with Crippen LogP contribution in [0, 0.1) is 11.6 Å². The molecular weight excluding hydrogens is 414 g/mol. The summed E-state index contributed by atoms with van der Waals surface area (Å²) in [5.74, 6) is -1.94. The molecule has 0 aromatic heterocycles. The fourth-order valence-electron chi connectivity index (χ4n) is 3.18. The lowest BCUT2D eigenvalue weighted by atomic mass is 10.0. The highest BCUT2D eigenvalue weighted by atomic mass is 32.2. The zero-order valence-electron chi connectivity index (χ0n) is 16.9. The van der Waals surface area contributed by atoms with Crippen LogP contribution in [0.2, 0.25) is 0 Å². The largest absolute Gasteiger partial charge is 0.390 e. The molecule has 0 heterocycles. The lowest BCUT2D eigenvalue weighted by molar-refractivity contribution is -0.120. The number of aliphatic hydroxyl groups excluding tert-OH is 1. The number of hydrogen-bond acceptors (Lipinski definition) is 5.